The van der Waals surface area contributed by atoms with Gasteiger partial charge in [-0.25, -0.2) is 0 Å². The number of amides is 2. The van der Waals surface area contributed by atoms with Crippen molar-refractivity contribution in [3.8, 4) is 0 Å². The van der Waals surface area contributed by atoms with Gasteiger partial charge in [0.05, 0.1) is 23.2 Å². The zero-order valence-corrected chi connectivity index (χ0v) is 31.9. The number of Topliss-reactive ketones (excluding diaryl/α,β-unsaturated/α-hetero) is 2. The highest BCUT2D eigenvalue weighted by molar-refractivity contribution is 7.99. The molecule has 2 amide bonds. The summed E-state index contributed by atoms with van der Waals surface area (Å²) in [4.78, 5) is 58.7. The Morgan fingerprint density at radius 3 is 1.33 bits per heavy atom. The molecule has 0 aliphatic carbocycles. The lowest BCUT2D eigenvalue weighted by Gasteiger charge is -2.17. The molecule has 0 spiro atoms. The number of pyridine rings is 2. The number of nitrogens with one attached hydrogen (secondary N) is 2. The monoisotopic (exact) mass is 734 g/mol. The minimum absolute atomic E-state index is 0.110. The van der Waals surface area contributed by atoms with Crippen molar-refractivity contribution in [2.75, 3.05) is 47.0 Å². The van der Waals surface area contributed by atoms with Crippen molar-refractivity contribution in [3.63, 3.8) is 0 Å². The van der Waals surface area contributed by atoms with Gasteiger partial charge in [-0.05, 0) is 85.5 Å². The number of unbranched alkanes of at least 4 members (excludes halogenated alkanes) is 7. The lowest BCUT2D eigenvalue weighted by Crippen LogP contribution is -2.41. The Kier molecular flexibility index (Phi) is 24.4. The summed E-state index contributed by atoms with van der Waals surface area (Å²) in [7, 11) is 0. The van der Waals surface area contributed by atoms with Crippen molar-refractivity contribution in [1.29, 1.82) is 0 Å². The third-order valence-corrected chi connectivity index (χ3v) is 11.2. The molecular weight excluding hydrogens is 681 g/mol. The van der Waals surface area contributed by atoms with Crippen LogP contribution >= 0.6 is 47.0 Å². The predicted octanol–water partition coefficient (Wildman–Crippen LogP) is 7.39. The van der Waals surface area contributed by atoms with E-state index in [0.29, 0.717) is 36.8 Å². The van der Waals surface area contributed by atoms with E-state index in [9.17, 15) is 19.2 Å². The van der Waals surface area contributed by atoms with E-state index in [1.807, 2.05) is 36.0 Å². The first-order valence-electron chi connectivity index (χ1n) is 17.1. The molecule has 2 aromatic heterocycles. The summed E-state index contributed by atoms with van der Waals surface area (Å²) in [6.07, 6.45) is 22.4. The van der Waals surface area contributed by atoms with E-state index in [4.69, 9.17) is 0 Å². The van der Waals surface area contributed by atoms with Gasteiger partial charge in [0.2, 0.25) is 0 Å². The molecule has 2 aromatic rings. The van der Waals surface area contributed by atoms with Gasteiger partial charge in [0.25, 0.3) is 11.8 Å². The average Bonchev–Trinajstić information content (AvgIpc) is 3.11. The van der Waals surface area contributed by atoms with Gasteiger partial charge in [-0.3, -0.25) is 29.1 Å². The van der Waals surface area contributed by atoms with Crippen molar-refractivity contribution >= 4 is 70.4 Å². The van der Waals surface area contributed by atoms with E-state index < -0.39 is 12.1 Å². The van der Waals surface area contributed by atoms with Crippen LogP contribution < -0.4 is 10.6 Å². The summed E-state index contributed by atoms with van der Waals surface area (Å²) in [5, 5.41) is 5.83. The van der Waals surface area contributed by atoms with Gasteiger partial charge in [0.15, 0.2) is 11.6 Å². The number of carbonyl (C=O) groups excluding carboxylic acids is 4. The lowest BCUT2D eigenvalue weighted by molar-refractivity contribution is -0.121. The van der Waals surface area contributed by atoms with E-state index in [0.717, 1.165) is 34.5 Å². The predicted molar refractivity (Wildman–Crippen MR) is 208 cm³/mol. The van der Waals surface area contributed by atoms with Gasteiger partial charge in [-0.2, -0.15) is 47.0 Å². The molecule has 2 N–H and O–H groups in total. The number of hydrogen-bond acceptors (Lipinski definition) is 10. The molecule has 0 saturated heterocycles. The Labute approximate surface area is 305 Å². The number of nitrogens with zero attached hydrogens (tertiary/aromatic N) is 2. The molecule has 0 unspecified atom stereocenters. The molecule has 0 saturated carbocycles. The smallest absolute Gasteiger partial charge is 0.253 e. The molecule has 0 aliphatic rings. The van der Waals surface area contributed by atoms with Crippen molar-refractivity contribution in [3.05, 3.63) is 60.2 Å². The molecule has 2 rings (SSSR count). The van der Waals surface area contributed by atoms with Gasteiger partial charge in [0.1, 0.15) is 0 Å². The number of carbonyl (C=O) groups is 4. The minimum Gasteiger partial charge on any atom is -0.342 e. The Bertz CT molecular complexity index is 1090. The molecule has 2 atom stereocenters. The number of ketones is 2. The van der Waals surface area contributed by atoms with Gasteiger partial charge in [0, 0.05) is 49.1 Å². The molecule has 0 radical (unpaired) electrons. The molecule has 48 heavy (non-hydrogen) atoms. The first kappa shape index (κ1) is 42.1. The molecule has 12 heteroatoms. The Morgan fingerprint density at radius 2 is 0.979 bits per heavy atom. The maximum atomic E-state index is 12.8. The van der Waals surface area contributed by atoms with Crippen LogP contribution in [0.1, 0.15) is 97.8 Å². The maximum absolute atomic E-state index is 12.8. The summed E-state index contributed by atoms with van der Waals surface area (Å²) >= 11 is 7.03. The molecule has 0 aromatic carbocycles. The largest absolute Gasteiger partial charge is 0.342 e. The number of aromatic nitrogens is 2. The highest BCUT2D eigenvalue weighted by atomic mass is 32.2. The summed E-state index contributed by atoms with van der Waals surface area (Å²) in [6, 6.07) is 5.98. The van der Waals surface area contributed by atoms with Crippen LogP contribution in [0.25, 0.3) is 0 Å². The third kappa shape index (κ3) is 19.2. The third-order valence-electron chi connectivity index (χ3n) is 7.77. The normalized spacial score (nSPS) is 12.3. The van der Waals surface area contributed by atoms with Crippen LogP contribution in [0.15, 0.2) is 49.1 Å². The SMILES string of the molecule is CSCC[C@H](NC(=O)c1cccnc1)C(=O)CCSCCCCCCCCCCSCCC(=O)[C@H](CCSC)NC(=O)c1cccnc1. The van der Waals surface area contributed by atoms with E-state index in [1.54, 1.807) is 60.2 Å². The topological polar surface area (TPSA) is 118 Å². The molecule has 0 aliphatic heterocycles. The van der Waals surface area contributed by atoms with E-state index in [2.05, 4.69) is 20.6 Å². The van der Waals surface area contributed by atoms with Gasteiger partial charge >= 0.3 is 0 Å². The quantitative estimate of drug-likeness (QED) is 0.0820. The highest BCUT2D eigenvalue weighted by Gasteiger charge is 2.22. The molecule has 266 valence electrons. The second-order valence-corrected chi connectivity index (χ2v) is 16.0. The number of thioether (sulfide) groups is 4. The Balaban J connectivity index is 1.44. The fourth-order valence-corrected chi connectivity index (χ4v) is 7.80. The van der Waals surface area contributed by atoms with Crippen LogP contribution in [0.3, 0.4) is 0 Å². The van der Waals surface area contributed by atoms with E-state index >= 15 is 0 Å². The van der Waals surface area contributed by atoms with Crippen LogP contribution in [0, 0.1) is 0 Å². The van der Waals surface area contributed by atoms with Gasteiger partial charge < -0.3 is 10.6 Å². The Hall–Kier alpha value is -2.02. The Morgan fingerprint density at radius 1 is 0.583 bits per heavy atom. The lowest BCUT2D eigenvalue weighted by atomic mass is 10.1. The number of rotatable bonds is 29. The minimum atomic E-state index is -0.444. The van der Waals surface area contributed by atoms with Crippen LogP contribution in [-0.2, 0) is 9.59 Å². The molecule has 8 nitrogen and oxygen atoms in total. The second-order valence-electron chi connectivity index (χ2n) is 11.6. The molecule has 0 bridgehead atoms. The highest BCUT2D eigenvalue weighted by Crippen LogP contribution is 2.16. The fourth-order valence-electron chi connectivity index (χ4n) is 4.94. The standard InChI is InChI=1S/C36H54N4O4S4/c1-45-23-15-31(39-35(43)29-13-11-19-37-27-29)33(41)17-25-47-21-9-7-5-3-4-6-8-10-22-48-26-18-34(42)32(16-24-46-2)40-36(44)30-14-12-20-38-28-30/h11-14,19-20,27-28,31-32H,3-10,15-18,21-26H2,1-2H3,(H,39,43)(H,40,44)/t31-,32-/m0/s1. The summed E-state index contributed by atoms with van der Waals surface area (Å²) in [5.74, 6) is 5.13. The molecule has 0 fully saturated rings. The van der Waals surface area contributed by atoms with Gasteiger partial charge in [-0.1, -0.05) is 38.5 Å². The van der Waals surface area contributed by atoms with Crippen LogP contribution in [0.5, 0.6) is 0 Å². The molecular formula is C36H54N4O4S4. The summed E-state index contributed by atoms with van der Waals surface area (Å²) < 4.78 is 0. The van der Waals surface area contributed by atoms with Crippen LogP contribution in [0.4, 0.5) is 0 Å². The number of hydrogen-bond donors (Lipinski definition) is 2. The van der Waals surface area contributed by atoms with E-state index in [-0.39, 0.29) is 23.4 Å². The van der Waals surface area contributed by atoms with Crippen molar-refractivity contribution in [1.82, 2.24) is 20.6 Å². The van der Waals surface area contributed by atoms with Gasteiger partial charge in [-0.15, -0.1) is 0 Å². The van der Waals surface area contributed by atoms with Crippen LogP contribution in [-0.4, -0.2) is 92.5 Å². The first-order chi connectivity index (χ1) is 23.5. The first-order valence-corrected chi connectivity index (χ1v) is 22.2. The van der Waals surface area contributed by atoms with Crippen molar-refractivity contribution in [2.45, 2.75) is 89.1 Å². The zero-order chi connectivity index (χ0) is 34.7. The molecule has 2 heterocycles. The van der Waals surface area contributed by atoms with Crippen molar-refractivity contribution < 1.29 is 19.2 Å². The fraction of sp³-hybridized carbons (Fsp3) is 0.611. The van der Waals surface area contributed by atoms with Crippen LogP contribution in [0.2, 0.25) is 0 Å². The average molecular weight is 735 g/mol. The summed E-state index contributed by atoms with van der Waals surface area (Å²) in [5.41, 5.74) is 0.956. The van der Waals surface area contributed by atoms with Crippen molar-refractivity contribution in [2.24, 2.45) is 0 Å². The zero-order valence-electron chi connectivity index (χ0n) is 28.7. The second kappa shape index (κ2) is 27.8. The summed E-state index contributed by atoms with van der Waals surface area (Å²) in [6.45, 7) is 0. The van der Waals surface area contributed by atoms with E-state index in [1.165, 1.54) is 63.8 Å². The maximum Gasteiger partial charge on any atom is 0.253 e.